The Labute approximate surface area is 122 Å². The van der Waals surface area contributed by atoms with Gasteiger partial charge < -0.3 is 10.6 Å². The van der Waals surface area contributed by atoms with Crippen molar-refractivity contribution in [2.75, 3.05) is 23.7 Å². The van der Waals surface area contributed by atoms with Crippen LogP contribution in [0.2, 0.25) is 0 Å². The van der Waals surface area contributed by atoms with Crippen molar-refractivity contribution >= 4 is 11.4 Å². The molecule has 0 amide bonds. The zero-order chi connectivity index (χ0) is 14.5. The summed E-state index contributed by atoms with van der Waals surface area (Å²) in [7, 11) is 0. The molecule has 0 heterocycles. The Kier molecular flexibility index (Phi) is 4.67. The molecule has 0 unspecified atom stereocenters. The molecule has 2 aromatic rings. The fraction of sp³-hybridized carbons (Fsp3) is 0.333. The highest BCUT2D eigenvalue weighted by molar-refractivity contribution is 5.56. The highest BCUT2D eigenvalue weighted by Gasteiger charge is 2.00. The van der Waals surface area contributed by atoms with Crippen molar-refractivity contribution in [2.45, 2.75) is 27.7 Å². The number of nitrogens with one attached hydrogen (secondary N) is 2. The van der Waals surface area contributed by atoms with Gasteiger partial charge in [-0.15, -0.1) is 0 Å². The fourth-order valence-electron chi connectivity index (χ4n) is 2.56. The zero-order valence-corrected chi connectivity index (χ0v) is 12.9. The predicted molar refractivity (Wildman–Crippen MR) is 88.8 cm³/mol. The molecule has 0 fully saturated rings. The Morgan fingerprint density at radius 1 is 0.750 bits per heavy atom. The van der Waals surface area contributed by atoms with Crippen LogP contribution >= 0.6 is 0 Å². The Morgan fingerprint density at radius 2 is 1.30 bits per heavy atom. The molecule has 20 heavy (non-hydrogen) atoms. The van der Waals surface area contributed by atoms with Gasteiger partial charge in [-0.2, -0.15) is 0 Å². The van der Waals surface area contributed by atoms with E-state index in [1.54, 1.807) is 0 Å². The molecular formula is C18H24N2. The first-order chi connectivity index (χ1) is 9.56. The topological polar surface area (TPSA) is 24.1 Å². The molecule has 0 aliphatic rings. The van der Waals surface area contributed by atoms with Crippen LogP contribution < -0.4 is 10.6 Å². The molecule has 0 atom stereocenters. The Morgan fingerprint density at radius 3 is 1.90 bits per heavy atom. The average molecular weight is 268 g/mol. The molecule has 0 radical (unpaired) electrons. The fourth-order valence-corrected chi connectivity index (χ4v) is 2.56. The minimum absolute atomic E-state index is 0.913. The number of hydrogen-bond donors (Lipinski definition) is 2. The number of benzene rings is 2. The molecule has 0 spiro atoms. The van der Waals surface area contributed by atoms with Crippen molar-refractivity contribution in [3.8, 4) is 0 Å². The lowest BCUT2D eigenvalue weighted by Gasteiger charge is -2.14. The Bertz CT molecular complexity index is 547. The van der Waals surface area contributed by atoms with Gasteiger partial charge in [-0.3, -0.25) is 0 Å². The molecule has 0 aliphatic carbocycles. The van der Waals surface area contributed by atoms with E-state index in [0.717, 1.165) is 13.1 Å². The lowest BCUT2D eigenvalue weighted by Crippen LogP contribution is -2.15. The summed E-state index contributed by atoms with van der Waals surface area (Å²) in [6, 6.07) is 13.0. The van der Waals surface area contributed by atoms with E-state index in [1.165, 1.54) is 33.6 Å². The van der Waals surface area contributed by atoms with E-state index in [2.05, 4.69) is 74.7 Å². The minimum atomic E-state index is 0.913. The van der Waals surface area contributed by atoms with E-state index in [4.69, 9.17) is 0 Å². The van der Waals surface area contributed by atoms with Gasteiger partial charge >= 0.3 is 0 Å². The van der Waals surface area contributed by atoms with Gasteiger partial charge in [0.05, 0.1) is 0 Å². The summed E-state index contributed by atoms with van der Waals surface area (Å²) in [5.41, 5.74) is 7.67. The van der Waals surface area contributed by atoms with Gasteiger partial charge in [0.15, 0.2) is 0 Å². The van der Waals surface area contributed by atoms with Crippen LogP contribution in [0, 0.1) is 27.7 Å². The van der Waals surface area contributed by atoms with Gasteiger partial charge in [-0.05, 0) is 62.1 Å². The van der Waals surface area contributed by atoms with Gasteiger partial charge in [0.1, 0.15) is 0 Å². The second-order valence-electron chi connectivity index (χ2n) is 5.50. The van der Waals surface area contributed by atoms with Gasteiger partial charge in [0, 0.05) is 24.5 Å². The first-order valence-electron chi connectivity index (χ1n) is 7.18. The lowest BCUT2D eigenvalue weighted by molar-refractivity contribution is 1.07. The van der Waals surface area contributed by atoms with Crippen LogP contribution in [-0.4, -0.2) is 13.1 Å². The first kappa shape index (κ1) is 14.4. The van der Waals surface area contributed by atoms with E-state index >= 15 is 0 Å². The van der Waals surface area contributed by atoms with Crippen LogP contribution in [0.3, 0.4) is 0 Å². The number of aryl methyl sites for hydroxylation is 4. The molecule has 0 aromatic heterocycles. The highest BCUT2D eigenvalue weighted by Crippen LogP contribution is 2.19. The standard InChI is InChI=1S/C18H24N2/c1-13-10-14(2)12-17(11-13)19-8-9-20-18-15(3)6-5-7-16(18)4/h5-7,10-12,19-20H,8-9H2,1-4H3. The summed E-state index contributed by atoms with van der Waals surface area (Å²) in [5, 5.41) is 6.99. The van der Waals surface area contributed by atoms with Crippen LogP contribution in [0.4, 0.5) is 11.4 Å². The van der Waals surface area contributed by atoms with Gasteiger partial charge in [0.25, 0.3) is 0 Å². The summed E-state index contributed by atoms with van der Waals surface area (Å²) in [5.74, 6) is 0. The second-order valence-corrected chi connectivity index (χ2v) is 5.50. The van der Waals surface area contributed by atoms with Gasteiger partial charge in [0.2, 0.25) is 0 Å². The number of rotatable bonds is 5. The van der Waals surface area contributed by atoms with Crippen LogP contribution in [0.1, 0.15) is 22.3 Å². The number of hydrogen-bond acceptors (Lipinski definition) is 2. The number of anilines is 2. The molecule has 0 saturated carbocycles. The summed E-state index contributed by atoms with van der Waals surface area (Å²) >= 11 is 0. The van der Waals surface area contributed by atoms with Crippen LogP contribution in [0.15, 0.2) is 36.4 Å². The van der Waals surface area contributed by atoms with Crippen molar-refractivity contribution in [2.24, 2.45) is 0 Å². The maximum Gasteiger partial charge on any atom is 0.0400 e. The van der Waals surface area contributed by atoms with E-state index in [-0.39, 0.29) is 0 Å². The molecule has 0 saturated heterocycles. The van der Waals surface area contributed by atoms with Crippen molar-refractivity contribution in [1.82, 2.24) is 0 Å². The number of para-hydroxylation sites is 1. The van der Waals surface area contributed by atoms with Gasteiger partial charge in [-0.25, -0.2) is 0 Å². The summed E-state index contributed by atoms with van der Waals surface area (Å²) in [4.78, 5) is 0. The quantitative estimate of drug-likeness (QED) is 0.783. The molecule has 2 N–H and O–H groups in total. The smallest absolute Gasteiger partial charge is 0.0400 e. The third-order valence-corrected chi connectivity index (χ3v) is 3.46. The molecular weight excluding hydrogens is 244 g/mol. The molecule has 2 nitrogen and oxygen atoms in total. The van der Waals surface area contributed by atoms with Crippen molar-refractivity contribution < 1.29 is 0 Å². The van der Waals surface area contributed by atoms with Crippen LogP contribution in [0.5, 0.6) is 0 Å². The monoisotopic (exact) mass is 268 g/mol. The second kappa shape index (κ2) is 6.47. The van der Waals surface area contributed by atoms with Crippen LogP contribution in [-0.2, 0) is 0 Å². The first-order valence-corrected chi connectivity index (χ1v) is 7.18. The third kappa shape index (κ3) is 3.77. The average Bonchev–Trinajstić information content (AvgIpc) is 2.36. The zero-order valence-electron chi connectivity index (χ0n) is 12.9. The maximum atomic E-state index is 3.52. The normalized spacial score (nSPS) is 10.4. The summed E-state index contributed by atoms with van der Waals surface area (Å²) in [6.07, 6.45) is 0. The van der Waals surface area contributed by atoms with Crippen molar-refractivity contribution in [1.29, 1.82) is 0 Å². The minimum Gasteiger partial charge on any atom is -0.383 e. The van der Waals surface area contributed by atoms with E-state index in [1.807, 2.05) is 0 Å². The van der Waals surface area contributed by atoms with Crippen LogP contribution in [0.25, 0.3) is 0 Å². The highest BCUT2D eigenvalue weighted by atomic mass is 14.9. The van der Waals surface area contributed by atoms with E-state index in [9.17, 15) is 0 Å². The molecule has 2 aromatic carbocycles. The van der Waals surface area contributed by atoms with Gasteiger partial charge in [-0.1, -0.05) is 24.3 Å². The third-order valence-electron chi connectivity index (χ3n) is 3.46. The SMILES string of the molecule is Cc1cc(C)cc(NCCNc2c(C)cccc2C)c1. The lowest BCUT2D eigenvalue weighted by atomic mass is 10.1. The molecule has 0 bridgehead atoms. The molecule has 0 aliphatic heterocycles. The maximum absolute atomic E-state index is 3.52. The molecule has 2 rings (SSSR count). The Hall–Kier alpha value is -1.96. The van der Waals surface area contributed by atoms with Crippen molar-refractivity contribution in [3.63, 3.8) is 0 Å². The van der Waals surface area contributed by atoms with E-state index in [0.29, 0.717) is 0 Å². The molecule has 2 heteroatoms. The van der Waals surface area contributed by atoms with Crippen molar-refractivity contribution in [3.05, 3.63) is 58.7 Å². The predicted octanol–water partition coefficient (Wildman–Crippen LogP) is 4.44. The van der Waals surface area contributed by atoms with E-state index < -0.39 is 0 Å². The summed E-state index contributed by atoms with van der Waals surface area (Å²) in [6.45, 7) is 10.4. The largest absolute Gasteiger partial charge is 0.383 e. The summed E-state index contributed by atoms with van der Waals surface area (Å²) < 4.78 is 0. The Balaban J connectivity index is 1.88. The molecule has 106 valence electrons.